The highest BCUT2D eigenvalue weighted by Crippen LogP contribution is 2.40. The SMILES string of the molecule is CN=C(NCCCOCC(C)C)NCC1(CCOC)CCCC1. The van der Waals surface area contributed by atoms with Gasteiger partial charge in [-0.05, 0) is 37.0 Å². The van der Waals surface area contributed by atoms with Gasteiger partial charge in [0.2, 0.25) is 0 Å². The molecule has 1 saturated carbocycles. The Balaban J connectivity index is 2.22. The summed E-state index contributed by atoms with van der Waals surface area (Å²) in [6, 6.07) is 0. The highest BCUT2D eigenvalue weighted by molar-refractivity contribution is 5.79. The van der Waals surface area contributed by atoms with E-state index in [0.717, 1.165) is 51.7 Å². The quantitative estimate of drug-likeness (QED) is 0.348. The fourth-order valence-electron chi connectivity index (χ4n) is 3.15. The van der Waals surface area contributed by atoms with Crippen LogP contribution in [0.15, 0.2) is 4.99 Å². The molecule has 136 valence electrons. The monoisotopic (exact) mass is 327 g/mol. The van der Waals surface area contributed by atoms with Gasteiger partial charge in [0.15, 0.2) is 5.96 Å². The lowest BCUT2D eigenvalue weighted by molar-refractivity contribution is 0.108. The van der Waals surface area contributed by atoms with Gasteiger partial charge in [0.05, 0.1) is 0 Å². The van der Waals surface area contributed by atoms with Gasteiger partial charge in [-0.15, -0.1) is 0 Å². The molecule has 0 aliphatic heterocycles. The number of aliphatic imine (C=N–C) groups is 1. The van der Waals surface area contributed by atoms with Crippen molar-refractivity contribution in [2.24, 2.45) is 16.3 Å². The summed E-state index contributed by atoms with van der Waals surface area (Å²) in [5.74, 6) is 1.50. The van der Waals surface area contributed by atoms with Gasteiger partial charge in [-0.1, -0.05) is 26.7 Å². The molecule has 23 heavy (non-hydrogen) atoms. The van der Waals surface area contributed by atoms with Crippen LogP contribution in [0.3, 0.4) is 0 Å². The number of rotatable bonds is 11. The molecule has 1 fully saturated rings. The Morgan fingerprint density at radius 2 is 1.91 bits per heavy atom. The second kappa shape index (κ2) is 11.7. The minimum Gasteiger partial charge on any atom is -0.385 e. The number of hydrogen-bond donors (Lipinski definition) is 2. The average Bonchev–Trinajstić information content (AvgIpc) is 3.00. The minimum absolute atomic E-state index is 0.383. The molecule has 0 aromatic rings. The maximum absolute atomic E-state index is 5.60. The van der Waals surface area contributed by atoms with Gasteiger partial charge in [-0.2, -0.15) is 0 Å². The molecule has 1 aliphatic carbocycles. The lowest BCUT2D eigenvalue weighted by Gasteiger charge is -2.30. The fraction of sp³-hybridized carbons (Fsp3) is 0.944. The summed E-state index contributed by atoms with van der Waals surface area (Å²) < 4.78 is 10.9. The number of ether oxygens (including phenoxy) is 2. The van der Waals surface area contributed by atoms with E-state index in [1.807, 2.05) is 7.05 Å². The Bertz CT molecular complexity index is 326. The second-order valence-corrected chi connectivity index (χ2v) is 7.12. The molecule has 0 aromatic heterocycles. The van der Waals surface area contributed by atoms with Crippen molar-refractivity contribution < 1.29 is 9.47 Å². The molecular weight excluding hydrogens is 290 g/mol. The number of nitrogens with one attached hydrogen (secondary N) is 2. The average molecular weight is 328 g/mol. The summed E-state index contributed by atoms with van der Waals surface area (Å²) in [5.41, 5.74) is 0.383. The largest absolute Gasteiger partial charge is 0.385 e. The van der Waals surface area contributed by atoms with Crippen molar-refractivity contribution >= 4 is 5.96 Å². The first kappa shape index (κ1) is 20.2. The molecule has 0 heterocycles. The molecule has 1 rings (SSSR count). The van der Waals surface area contributed by atoms with Crippen molar-refractivity contribution in [2.75, 3.05) is 47.1 Å². The zero-order chi connectivity index (χ0) is 17.0. The van der Waals surface area contributed by atoms with E-state index in [0.29, 0.717) is 11.3 Å². The van der Waals surface area contributed by atoms with E-state index in [4.69, 9.17) is 9.47 Å². The zero-order valence-corrected chi connectivity index (χ0v) is 15.6. The predicted octanol–water partition coefficient (Wildman–Crippen LogP) is 2.81. The van der Waals surface area contributed by atoms with E-state index in [2.05, 4.69) is 29.5 Å². The lowest BCUT2D eigenvalue weighted by atomic mass is 9.83. The Morgan fingerprint density at radius 1 is 1.17 bits per heavy atom. The van der Waals surface area contributed by atoms with Crippen LogP contribution in [0.2, 0.25) is 0 Å². The summed E-state index contributed by atoms with van der Waals surface area (Å²) in [5, 5.41) is 6.90. The maximum atomic E-state index is 5.60. The smallest absolute Gasteiger partial charge is 0.190 e. The van der Waals surface area contributed by atoms with Crippen LogP contribution in [0.1, 0.15) is 52.4 Å². The molecule has 0 saturated heterocycles. The topological polar surface area (TPSA) is 54.9 Å². The normalized spacial score (nSPS) is 17.7. The number of nitrogens with zero attached hydrogens (tertiary/aromatic N) is 1. The van der Waals surface area contributed by atoms with Crippen molar-refractivity contribution in [3.63, 3.8) is 0 Å². The molecule has 0 unspecified atom stereocenters. The standard InChI is InChI=1S/C18H37N3O2/c1-16(2)14-23-12-7-11-20-17(19-3)21-15-18(10-13-22-4)8-5-6-9-18/h16H,5-15H2,1-4H3,(H2,19,20,21). The van der Waals surface area contributed by atoms with Gasteiger partial charge in [-0.3, -0.25) is 4.99 Å². The molecule has 0 aromatic carbocycles. The summed E-state index contributed by atoms with van der Waals surface area (Å²) >= 11 is 0. The third kappa shape index (κ3) is 8.56. The third-order valence-electron chi connectivity index (χ3n) is 4.56. The van der Waals surface area contributed by atoms with Crippen LogP contribution in [-0.2, 0) is 9.47 Å². The molecule has 0 atom stereocenters. The number of methoxy groups -OCH3 is 1. The lowest BCUT2D eigenvalue weighted by Crippen LogP contribution is -2.43. The Morgan fingerprint density at radius 3 is 2.52 bits per heavy atom. The van der Waals surface area contributed by atoms with E-state index in [1.54, 1.807) is 7.11 Å². The second-order valence-electron chi connectivity index (χ2n) is 7.12. The molecule has 5 nitrogen and oxygen atoms in total. The van der Waals surface area contributed by atoms with Gasteiger partial charge in [0.25, 0.3) is 0 Å². The van der Waals surface area contributed by atoms with Crippen molar-refractivity contribution in [2.45, 2.75) is 52.4 Å². The van der Waals surface area contributed by atoms with Gasteiger partial charge in [0.1, 0.15) is 0 Å². The van der Waals surface area contributed by atoms with Crippen LogP contribution in [0, 0.1) is 11.3 Å². The molecule has 2 N–H and O–H groups in total. The first-order chi connectivity index (χ1) is 11.1. The van der Waals surface area contributed by atoms with E-state index < -0.39 is 0 Å². The third-order valence-corrected chi connectivity index (χ3v) is 4.56. The van der Waals surface area contributed by atoms with Crippen molar-refractivity contribution in [1.82, 2.24) is 10.6 Å². The van der Waals surface area contributed by atoms with Crippen LogP contribution in [0.5, 0.6) is 0 Å². The Kier molecular flexibility index (Phi) is 10.3. The van der Waals surface area contributed by atoms with E-state index in [-0.39, 0.29) is 0 Å². The molecule has 5 heteroatoms. The highest BCUT2D eigenvalue weighted by atomic mass is 16.5. The van der Waals surface area contributed by atoms with Gasteiger partial charge in [0, 0.05) is 47.1 Å². The van der Waals surface area contributed by atoms with E-state index >= 15 is 0 Å². The van der Waals surface area contributed by atoms with Crippen molar-refractivity contribution in [3.05, 3.63) is 0 Å². The first-order valence-electron chi connectivity index (χ1n) is 9.13. The molecule has 1 aliphatic rings. The Hall–Kier alpha value is -0.810. The zero-order valence-electron chi connectivity index (χ0n) is 15.6. The van der Waals surface area contributed by atoms with Crippen LogP contribution in [0.4, 0.5) is 0 Å². The molecule has 0 bridgehead atoms. The number of hydrogen-bond acceptors (Lipinski definition) is 3. The van der Waals surface area contributed by atoms with Gasteiger partial charge >= 0.3 is 0 Å². The van der Waals surface area contributed by atoms with Crippen LogP contribution in [-0.4, -0.2) is 53.0 Å². The first-order valence-corrected chi connectivity index (χ1v) is 9.13. The summed E-state index contributed by atoms with van der Waals surface area (Å²) in [6.45, 7) is 8.72. The van der Waals surface area contributed by atoms with E-state index in [1.165, 1.54) is 25.7 Å². The summed E-state index contributed by atoms with van der Waals surface area (Å²) in [7, 11) is 3.62. The molecule has 0 radical (unpaired) electrons. The van der Waals surface area contributed by atoms with E-state index in [9.17, 15) is 0 Å². The summed E-state index contributed by atoms with van der Waals surface area (Å²) in [6.07, 6.45) is 7.40. The fourth-order valence-corrected chi connectivity index (χ4v) is 3.15. The van der Waals surface area contributed by atoms with Crippen LogP contribution in [0.25, 0.3) is 0 Å². The van der Waals surface area contributed by atoms with Gasteiger partial charge in [-0.25, -0.2) is 0 Å². The van der Waals surface area contributed by atoms with Gasteiger partial charge < -0.3 is 20.1 Å². The van der Waals surface area contributed by atoms with Crippen LogP contribution >= 0.6 is 0 Å². The molecule has 0 spiro atoms. The predicted molar refractivity (Wildman–Crippen MR) is 97.0 cm³/mol. The molecule has 0 amide bonds. The minimum atomic E-state index is 0.383. The van der Waals surface area contributed by atoms with Crippen molar-refractivity contribution in [3.8, 4) is 0 Å². The molecular formula is C18H37N3O2. The maximum Gasteiger partial charge on any atom is 0.190 e. The van der Waals surface area contributed by atoms with Crippen LogP contribution < -0.4 is 10.6 Å². The van der Waals surface area contributed by atoms with Crippen molar-refractivity contribution in [1.29, 1.82) is 0 Å². The summed E-state index contributed by atoms with van der Waals surface area (Å²) in [4.78, 5) is 4.33. The number of guanidine groups is 1. The highest BCUT2D eigenvalue weighted by Gasteiger charge is 2.33. The Labute approximate surface area is 142 Å².